The maximum absolute atomic E-state index is 9.80. The van der Waals surface area contributed by atoms with Gasteiger partial charge in [0.05, 0.1) is 25.9 Å². The molecule has 1 unspecified atom stereocenters. The molecule has 1 aliphatic rings. The molecule has 0 amide bonds. The fourth-order valence-electron chi connectivity index (χ4n) is 2.22. The number of aliphatic hydroxyl groups is 1. The van der Waals surface area contributed by atoms with Crippen LogP contribution in [0, 0.1) is 0 Å². The highest BCUT2D eigenvalue weighted by molar-refractivity contribution is 5.32. The van der Waals surface area contributed by atoms with Crippen molar-refractivity contribution in [2.75, 3.05) is 19.8 Å². The topological polar surface area (TPSA) is 85.2 Å². The molecule has 1 saturated heterocycles. The number of rotatable bonds is 8. The van der Waals surface area contributed by atoms with Crippen molar-refractivity contribution < 1.29 is 29.2 Å². The molecular weight excluding hydrogens is 300 g/mol. The summed E-state index contributed by atoms with van der Waals surface area (Å²) in [6.45, 7) is 3.82. The highest BCUT2D eigenvalue weighted by atomic mass is 16.7. The van der Waals surface area contributed by atoms with Crippen molar-refractivity contribution >= 4 is 6.47 Å². The van der Waals surface area contributed by atoms with E-state index >= 15 is 0 Å². The standard InChI is InChI=1S/C16H24O4.CH2O2/c1-2-15(17)13-6-5-7-14(12-13)18-9-4-3-8-16-19-10-11-20-16;2-1-3/h5-7,12,15-17H,2-4,8-11H2,1H3;1H,(H,2,3). The van der Waals surface area contributed by atoms with E-state index < -0.39 is 6.10 Å². The van der Waals surface area contributed by atoms with Crippen LogP contribution >= 0.6 is 0 Å². The summed E-state index contributed by atoms with van der Waals surface area (Å²) in [6.07, 6.45) is 3.22. The zero-order chi connectivity index (χ0) is 16.9. The van der Waals surface area contributed by atoms with Crippen LogP contribution in [0.15, 0.2) is 24.3 Å². The predicted molar refractivity (Wildman–Crippen MR) is 85.4 cm³/mol. The average molecular weight is 326 g/mol. The molecule has 1 aromatic rings. The van der Waals surface area contributed by atoms with Gasteiger partial charge in [0, 0.05) is 0 Å². The third-order valence-electron chi connectivity index (χ3n) is 3.42. The molecule has 2 N–H and O–H groups in total. The predicted octanol–water partition coefficient (Wildman–Crippen LogP) is 2.75. The Morgan fingerprint density at radius 3 is 2.70 bits per heavy atom. The fourth-order valence-corrected chi connectivity index (χ4v) is 2.22. The van der Waals surface area contributed by atoms with Crippen LogP contribution in [0.1, 0.15) is 44.3 Å². The van der Waals surface area contributed by atoms with Crippen molar-refractivity contribution in [3.63, 3.8) is 0 Å². The molecule has 0 bridgehead atoms. The SMILES string of the molecule is CCC(O)c1cccc(OCCCCC2OCCO2)c1.O=CO. The first kappa shape index (κ1) is 19.4. The lowest BCUT2D eigenvalue weighted by Gasteiger charge is -2.12. The van der Waals surface area contributed by atoms with Gasteiger partial charge in [-0.3, -0.25) is 4.79 Å². The van der Waals surface area contributed by atoms with Gasteiger partial charge in [-0.2, -0.15) is 0 Å². The lowest BCUT2D eigenvalue weighted by molar-refractivity contribution is -0.122. The Hall–Kier alpha value is -1.63. The largest absolute Gasteiger partial charge is 0.494 e. The van der Waals surface area contributed by atoms with E-state index in [1.165, 1.54) is 0 Å². The van der Waals surface area contributed by atoms with Gasteiger partial charge in [0.2, 0.25) is 0 Å². The molecule has 1 atom stereocenters. The van der Waals surface area contributed by atoms with Crippen molar-refractivity contribution in [3.8, 4) is 5.75 Å². The second-order valence-corrected chi connectivity index (χ2v) is 5.12. The molecule has 6 heteroatoms. The van der Waals surface area contributed by atoms with Gasteiger partial charge in [0.25, 0.3) is 6.47 Å². The maximum atomic E-state index is 9.80. The van der Waals surface area contributed by atoms with Crippen LogP contribution in [0.25, 0.3) is 0 Å². The smallest absolute Gasteiger partial charge is 0.290 e. The van der Waals surface area contributed by atoms with E-state index in [1.807, 2.05) is 31.2 Å². The number of aliphatic hydroxyl groups excluding tert-OH is 1. The maximum Gasteiger partial charge on any atom is 0.290 e. The van der Waals surface area contributed by atoms with Crippen LogP contribution in [-0.2, 0) is 14.3 Å². The molecule has 2 rings (SSSR count). The van der Waals surface area contributed by atoms with Crippen LogP contribution in [-0.4, -0.2) is 42.8 Å². The van der Waals surface area contributed by atoms with Crippen LogP contribution in [0.4, 0.5) is 0 Å². The minimum Gasteiger partial charge on any atom is -0.494 e. The number of carbonyl (C=O) groups is 1. The number of unbranched alkanes of at least 4 members (excludes halogenated alkanes) is 1. The van der Waals surface area contributed by atoms with Crippen LogP contribution in [0.2, 0.25) is 0 Å². The summed E-state index contributed by atoms with van der Waals surface area (Å²) in [6, 6.07) is 7.69. The van der Waals surface area contributed by atoms with Gasteiger partial charge in [-0.15, -0.1) is 0 Å². The Morgan fingerprint density at radius 1 is 1.35 bits per heavy atom. The van der Waals surface area contributed by atoms with E-state index in [9.17, 15) is 5.11 Å². The first-order valence-electron chi connectivity index (χ1n) is 7.93. The Balaban J connectivity index is 0.000000816. The monoisotopic (exact) mass is 326 g/mol. The number of benzene rings is 1. The number of ether oxygens (including phenoxy) is 3. The molecule has 0 aliphatic carbocycles. The minimum absolute atomic E-state index is 0.0157. The Labute approximate surface area is 137 Å². The molecule has 0 radical (unpaired) electrons. The first-order valence-corrected chi connectivity index (χ1v) is 7.93. The van der Waals surface area contributed by atoms with Gasteiger partial charge in [-0.1, -0.05) is 19.1 Å². The Morgan fingerprint density at radius 2 is 2.04 bits per heavy atom. The number of carboxylic acid groups (broad SMARTS) is 1. The molecule has 6 nitrogen and oxygen atoms in total. The Kier molecular flexibility index (Phi) is 10.0. The summed E-state index contributed by atoms with van der Waals surface area (Å²) >= 11 is 0. The molecular formula is C17H26O6. The van der Waals surface area contributed by atoms with E-state index in [0.29, 0.717) is 26.2 Å². The summed E-state index contributed by atoms with van der Waals surface area (Å²) in [5.74, 6) is 0.823. The number of hydrogen-bond acceptors (Lipinski definition) is 5. The van der Waals surface area contributed by atoms with Crippen molar-refractivity contribution in [1.29, 1.82) is 0 Å². The van der Waals surface area contributed by atoms with Crippen molar-refractivity contribution in [2.45, 2.75) is 45.0 Å². The second-order valence-electron chi connectivity index (χ2n) is 5.12. The fraction of sp³-hybridized carbons (Fsp3) is 0.588. The summed E-state index contributed by atoms with van der Waals surface area (Å²) in [5.41, 5.74) is 0.915. The van der Waals surface area contributed by atoms with Crippen molar-refractivity contribution in [2.24, 2.45) is 0 Å². The highest BCUT2D eigenvalue weighted by Crippen LogP contribution is 2.21. The van der Waals surface area contributed by atoms with Gasteiger partial charge < -0.3 is 24.4 Å². The zero-order valence-electron chi connectivity index (χ0n) is 13.5. The van der Waals surface area contributed by atoms with Gasteiger partial charge in [-0.25, -0.2) is 0 Å². The first-order chi connectivity index (χ1) is 11.2. The molecule has 23 heavy (non-hydrogen) atoms. The van der Waals surface area contributed by atoms with Gasteiger partial charge in [-0.05, 0) is 43.4 Å². The van der Waals surface area contributed by atoms with Gasteiger partial charge in [0.15, 0.2) is 6.29 Å². The summed E-state index contributed by atoms with van der Waals surface area (Å²) in [5, 5.41) is 16.7. The molecule has 1 fully saturated rings. The van der Waals surface area contributed by atoms with Crippen molar-refractivity contribution in [1.82, 2.24) is 0 Å². The zero-order valence-corrected chi connectivity index (χ0v) is 13.5. The average Bonchev–Trinajstić information content (AvgIpc) is 3.08. The summed E-state index contributed by atoms with van der Waals surface area (Å²) < 4.78 is 16.5. The summed E-state index contributed by atoms with van der Waals surface area (Å²) in [7, 11) is 0. The molecule has 1 aromatic carbocycles. The molecule has 1 heterocycles. The van der Waals surface area contributed by atoms with Gasteiger partial charge in [0.1, 0.15) is 5.75 Å². The van der Waals surface area contributed by atoms with E-state index in [4.69, 9.17) is 24.1 Å². The van der Waals surface area contributed by atoms with Crippen molar-refractivity contribution in [3.05, 3.63) is 29.8 Å². The molecule has 0 spiro atoms. The van der Waals surface area contributed by atoms with Crippen LogP contribution in [0.3, 0.4) is 0 Å². The summed E-state index contributed by atoms with van der Waals surface area (Å²) in [4.78, 5) is 8.36. The van der Waals surface area contributed by atoms with Gasteiger partial charge >= 0.3 is 0 Å². The third kappa shape index (κ3) is 7.97. The minimum atomic E-state index is -0.407. The molecule has 0 saturated carbocycles. The Bertz CT molecular complexity index is 431. The second kappa shape index (κ2) is 11.9. The number of hydrogen-bond donors (Lipinski definition) is 2. The van der Waals surface area contributed by atoms with Crippen LogP contribution in [0.5, 0.6) is 5.75 Å². The molecule has 0 aromatic heterocycles. The quantitative estimate of drug-likeness (QED) is 0.564. The lowest BCUT2D eigenvalue weighted by atomic mass is 10.1. The normalized spacial score (nSPS) is 15.6. The molecule has 130 valence electrons. The van der Waals surface area contributed by atoms with E-state index in [2.05, 4.69) is 0 Å². The van der Waals surface area contributed by atoms with Crippen LogP contribution < -0.4 is 4.74 Å². The molecule has 1 aliphatic heterocycles. The van der Waals surface area contributed by atoms with E-state index in [0.717, 1.165) is 30.6 Å². The third-order valence-corrected chi connectivity index (χ3v) is 3.42. The lowest BCUT2D eigenvalue weighted by Crippen LogP contribution is -2.08. The van der Waals surface area contributed by atoms with E-state index in [1.54, 1.807) is 0 Å². The van der Waals surface area contributed by atoms with E-state index in [-0.39, 0.29) is 12.8 Å². The highest BCUT2D eigenvalue weighted by Gasteiger charge is 2.14.